The molecule has 1 heterocycles. The first-order valence-electron chi connectivity index (χ1n) is 6.74. The van der Waals surface area contributed by atoms with E-state index in [4.69, 9.17) is 5.73 Å². The van der Waals surface area contributed by atoms with E-state index in [0.29, 0.717) is 17.7 Å². The molecule has 0 radical (unpaired) electrons. The molecule has 2 aromatic rings. The van der Waals surface area contributed by atoms with Gasteiger partial charge >= 0.3 is 0 Å². The highest BCUT2D eigenvalue weighted by Crippen LogP contribution is 2.20. The summed E-state index contributed by atoms with van der Waals surface area (Å²) in [5.74, 6) is 5.61. The summed E-state index contributed by atoms with van der Waals surface area (Å²) in [7, 11) is 0. The largest absolute Gasteiger partial charge is 0.347 e. The highest BCUT2D eigenvalue weighted by atomic mass is 32.1. The zero-order valence-electron chi connectivity index (χ0n) is 12.2. The highest BCUT2D eigenvalue weighted by molar-refractivity contribution is 7.12. The lowest BCUT2D eigenvalue weighted by Crippen LogP contribution is -2.23. The van der Waals surface area contributed by atoms with Crippen molar-refractivity contribution in [2.75, 3.05) is 6.54 Å². The second-order valence-corrected chi connectivity index (χ2v) is 6.03. The van der Waals surface area contributed by atoms with Gasteiger partial charge in [0.25, 0.3) is 5.91 Å². The molecule has 1 amide bonds. The van der Waals surface area contributed by atoms with Crippen LogP contribution in [0.1, 0.15) is 31.2 Å². The Balaban J connectivity index is 2.10. The molecule has 0 saturated heterocycles. The Bertz CT molecular complexity index is 688. The Morgan fingerprint density at radius 3 is 2.76 bits per heavy atom. The van der Waals surface area contributed by atoms with Crippen molar-refractivity contribution in [3.05, 3.63) is 56.8 Å². The van der Waals surface area contributed by atoms with Gasteiger partial charge in [0.05, 0.1) is 18.7 Å². The maximum atomic E-state index is 12.3. The molecule has 0 fully saturated rings. The zero-order chi connectivity index (χ0) is 15.2. The van der Waals surface area contributed by atoms with Crippen LogP contribution >= 0.6 is 11.3 Å². The molecule has 0 aliphatic rings. The van der Waals surface area contributed by atoms with Crippen molar-refractivity contribution in [1.82, 2.24) is 5.32 Å². The minimum Gasteiger partial charge on any atom is -0.347 e. The van der Waals surface area contributed by atoms with Gasteiger partial charge in [-0.05, 0) is 37.6 Å². The average Bonchev–Trinajstić information content (AvgIpc) is 2.81. The highest BCUT2D eigenvalue weighted by Gasteiger charge is 2.10. The van der Waals surface area contributed by atoms with Crippen LogP contribution < -0.4 is 11.1 Å². The van der Waals surface area contributed by atoms with Gasteiger partial charge in [-0.3, -0.25) is 4.79 Å². The molecule has 3 N–H and O–H groups in total. The van der Waals surface area contributed by atoms with Gasteiger partial charge in [-0.1, -0.05) is 24.0 Å². The summed E-state index contributed by atoms with van der Waals surface area (Å²) in [5.41, 5.74) is 7.94. The number of nitrogens with one attached hydrogen (secondary N) is 1. The van der Waals surface area contributed by atoms with Crippen LogP contribution in [0.4, 0.5) is 0 Å². The number of nitrogens with two attached hydrogens (primary N) is 1. The summed E-state index contributed by atoms with van der Waals surface area (Å²) in [6.07, 6.45) is 0. The Morgan fingerprint density at radius 1 is 1.33 bits per heavy atom. The molecular weight excluding hydrogens is 280 g/mol. The molecule has 0 atom stereocenters. The molecule has 3 nitrogen and oxygen atoms in total. The third kappa shape index (κ3) is 3.94. The fourth-order valence-corrected chi connectivity index (χ4v) is 2.93. The zero-order valence-corrected chi connectivity index (χ0v) is 13.0. The Morgan fingerprint density at radius 2 is 2.10 bits per heavy atom. The minimum absolute atomic E-state index is 0.111. The van der Waals surface area contributed by atoms with E-state index < -0.39 is 0 Å². The fraction of sp³-hybridized carbons (Fsp3) is 0.235. The second-order valence-electron chi connectivity index (χ2n) is 4.69. The standard InChI is InChI=1S/C17H18N2OS/c1-12-10-15(21-13(12)2)11-19-17(20)16-8-4-3-6-14(16)7-5-9-18/h3-4,6,8,10H,9,11,18H2,1-2H3,(H,19,20). The fourth-order valence-electron chi connectivity index (χ4n) is 1.94. The van der Waals surface area contributed by atoms with Gasteiger partial charge in [0.2, 0.25) is 0 Å². The monoisotopic (exact) mass is 298 g/mol. The van der Waals surface area contributed by atoms with Crippen molar-refractivity contribution in [2.45, 2.75) is 20.4 Å². The summed E-state index contributed by atoms with van der Waals surface area (Å²) < 4.78 is 0. The summed E-state index contributed by atoms with van der Waals surface area (Å²) in [6.45, 7) is 4.98. The van der Waals surface area contributed by atoms with E-state index in [1.54, 1.807) is 17.4 Å². The van der Waals surface area contributed by atoms with E-state index in [1.165, 1.54) is 10.4 Å². The van der Waals surface area contributed by atoms with Gasteiger partial charge in [0.1, 0.15) is 0 Å². The van der Waals surface area contributed by atoms with Crippen LogP contribution in [-0.4, -0.2) is 12.5 Å². The van der Waals surface area contributed by atoms with Crippen molar-refractivity contribution < 1.29 is 4.79 Å². The van der Waals surface area contributed by atoms with Crippen LogP contribution in [0, 0.1) is 25.7 Å². The number of hydrogen-bond acceptors (Lipinski definition) is 3. The van der Waals surface area contributed by atoms with E-state index in [-0.39, 0.29) is 12.5 Å². The maximum absolute atomic E-state index is 12.3. The second kappa shape index (κ2) is 7.07. The maximum Gasteiger partial charge on any atom is 0.252 e. The number of hydrogen-bond donors (Lipinski definition) is 2. The molecule has 0 spiro atoms. The van der Waals surface area contributed by atoms with Gasteiger partial charge < -0.3 is 11.1 Å². The first-order valence-corrected chi connectivity index (χ1v) is 7.55. The predicted molar refractivity (Wildman–Crippen MR) is 87.3 cm³/mol. The van der Waals surface area contributed by atoms with Crippen molar-refractivity contribution >= 4 is 17.2 Å². The van der Waals surface area contributed by atoms with Crippen LogP contribution in [0.3, 0.4) is 0 Å². The number of amides is 1. The molecule has 0 saturated carbocycles. The first-order chi connectivity index (χ1) is 10.1. The molecule has 0 bridgehead atoms. The summed E-state index contributed by atoms with van der Waals surface area (Å²) in [4.78, 5) is 14.7. The summed E-state index contributed by atoms with van der Waals surface area (Å²) >= 11 is 1.71. The van der Waals surface area contributed by atoms with E-state index in [2.05, 4.69) is 37.1 Å². The van der Waals surface area contributed by atoms with Crippen LogP contribution in [0.5, 0.6) is 0 Å². The first kappa shape index (κ1) is 15.3. The van der Waals surface area contributed by atoms with E-state index in [0.717, 1.165) is 4.88 Å². The minimum atomic E-state index is -0.111. The molecule has 0 unspecified atom stereocenters. The smallest absolute Gasteiger partial charge is 0.252 e. The number of aryl methyl sites for hydroxylation is 2. The SMILES string of the molecule is Cc1cc(CNC(=O)c2ccccc2C#CCN)sc1C. The van der Waals surface area contributed by atoms with E-state index in [9.17, 15) is 4.79 Å². The van der Waals surface area contributed by atoms with Crippen LogP contribution in [-0.2, 0) is 6.54 Å². The molecule has 108 valence electrons. The van der Waals surface area contributed by atoms with Crippen molar-refractivity contribution in [3.63, 3.8) is 0 Å². The van der Waals surface area contributed by atoms with Gasteiger partial charge in [-0.25, -0.2) is 0 Å². The molecule has 1 aromatic carbocycles. The van der Waals surface area contributed by atoms with Crippen molar-refractivity contribution in [3.8, 4) is 11.8 Å². The van der Waals surface area contributed by atoms with Gasteiger partial charge in [0, 0.05) is 15.3 Å². The van der Waals surface area contributed by atoms with Crippen LogP contribution in [0.15, 0.2) is 30.3 Å². The quantitative estimate of drug-likeness (QED) is 0.856. The van der Waals surface area contributed by atoms with E-state index >= 15 is 0 Å². The van der Waals surface area contributed by atoms with Crippen molar-refractivity contribution in [2.24, 2.45) is 5.73 Å². The Hall–Kier alpha value is -2.09. The Kier molecular flexibility index (Phi) is 5.15. The van der Waals surface area contributed by atoms with Gasteiger partial charge in [-0.2, -0.15) is 0 Å². The molecule has 2 rings (SSSR count). The topological polar surface area (TPSA) is 55.1 Å². The van der Waals surface area contributed by atoms with Gasteiger partial charge in [0.15, 0.2) is 0 Å². The number of rotatable bonds is 3. The van der Waals surface area contributed by atoms with Crippen molar-refractivity contribution in [1.29, 1.82) is 0 Å². The molecule has 0 aliphatic carbocycles. The Labute approximate surface area is 129 Å². The number of carbonyl (C=O) groups excluding carboxylic acids is 1. The number of benzene rings is 1. The lowest BCUT2D eigenvalue weighted by Gasteiger charge is -2.05. The average molecular weight is 298 g/mol. The van der Waals surface area contributed by atoms with Crippen LogP contribution in [0.25, 0.3) is 0 Å². The third-order valence-corrected chi connectivity index (χ3v) is 4.29. The molecule has 1 aromatic heterocycles. The normalized spacial score (nSPS) is 9.86. The number of carbonyl (C=O) groups is 1. The molecule has 4 heteroatoms. The van der Waals surface area contributed by atoms with Gasteiger partial charge in [-0.15, -0.1) is 11.3 Å². The lowest BCUT2D eigenvalue weighted by atomic mass is 10.1. The molecular formula is C17H18N2OS. The lowest BCUT2D eigenvalue weighted by molar-refractivity contribution is 0.0951. The molecule has 0 aliphatic heterocycles. The summed E-state index contributed by atoms with van der Waals surface area (Å²) in [5, 5.41) is 2.95. The van der Waals surface area contributed by atoms with Crippen LogP contribution in [0.2, 0.25) is 0 Å². The predicted octanol–water partition coefficient (Wildman–Crippen LogP) is 2.61. The number of thiophene rings is 1. The molecule has 21 heavy (non-hydrogen) atoms. The third-order valence-electron chi connectivity index (χ3n) is 3.14. The summed E-state index contributed by atoms with van der Waals surface area (Å²) in [6, 6.07) is 9.42. The van der Waals surface area contributed by atoms with E-state index in [1.807, 2.05) is 18.2 Å².